The molecule has 0 bridgehead atoms. The number of ether oxygens (including phenoxy) is 2. The van der Waals surface area contributed by atoms with Crippen LogP contribution >= 0.6 is 0 Å². The van der Waals surface area contributed by atoms with Crippen molar-refractivity contribution in [1.82, 2.24) is 0 Å². The molecule has 0 unspecified atom stereocenters. The lowest BCUT2D eigenvalue weighted by Crippen LogP contribution is -2.18. The highest BCUT2D eigenvalue weighted by atomic mass is 16.5. The summed E-state index contributed by atoms with van der Waals surface area (Å²) in [5.41, 5.74) is 0.502. The van der Waals surface area contributed by atoms with Crippen molar-refractivity contribution in [2.24, 2.45) is 0 Å². The highest BCUT2D eigenvalue weighted by Gasteiger charge is 2.11. The predicted molar refractivity (Wildman–Crippen MR) is 65.1 cm³/mol. The molecule has 0 spiro atoms. The molecular weight excluding hydrogens is 238 g/mol. The molecular formula is C12H15NO5. The molecule has 1 aromatic carbocycles. The number of carbonyl (C=O) groups excluding carboxylic acids is 1. The maximum atomic E-state index is 11.5. The van der Waals surface area contributed by atoms with E-state index >= 15 is 0 Å². The smallest absolute Gasteiger partial charge is 0.335 e. The second kappa shape index (κ2) is 6.61. The average molecular weight is 253 g/mol. The normalized spacial score (nSPS) is 9.89. The molecule has 1 amide bonds. The Labute approximate surface area is 105 Å². The van der Waals surface area contributed by atoms with Crippen molar-refractivity contribution in [2.45, 2.75) is 6.92 Å². The largest absolute Gasteiger partial charge is 0.495 e. The molecule has 0 aliphatic rings. The van der Waals surface area contributed by atoms with Gasteiger partial charge in [0.15, 0.2) is 0 Å². The lowest BCUT2D eigenvalue weighted by Gasteiger charge is -2.10. The quantitative estimate of drug-likeness (QED) is 0.799. The Morgan fingerprint density at radius 1 is 1.39 bits per heavy atom. The van der Waals surface area contributed by atoms with Gasteiger partial charge in [-0.25, -0.2) is 4.79 Å². The molecule has 1 aromatic rings. The molecule has 0 aromatic heterocycles. The van der Waals surface area contributed by atoms with Gasteiger partial charge in [-0.3, -0.25) is 4.79 Å². The van der Waals surface area contributed by atoms with Crippen LogP contribution in [-0.4, -0.2) is 37.3 Å². The van der Waals surface area contributed by atoms with E-state index in [0.29, 0.717) is 18.0 Å². The number of hydrogen-bond donors (Lipinski definition) is 2. The number of anilines is 1. The van der Waals surface area contributed by atoms with Crippen LogP contribution in [0.25, 0.3) is 0 Å². The zero-order valence-corrected chi connectivity index (χ0v) is 10.2. The van der Waals surface area contributed by atoms with Crippen LogP contribution in [0.3, 0.4) is 0 Å². The number of nitrogens with one attached hydrogen (secondary N) is 1. The fourth-order valence-electron chi connectivity index (χ4n) is 1.31. The summed E-state index contributed by atoms with van der Waals surface area (Å²) in [6, 6.07) is 4.21. The van der Waals surface area contributed by atoms with E-state index in [9.17, 15) is 9.59 Å². The van der Waals surface area contributed by atoms with Crippen LogP contribution in [0.5, 0.6) is 5.75 Å². The number of carboxylic acid groups (broad SMARTS) is 1. The summed E-state index contributed by atoms with van der Waals surface area (Å²) >= 11 is 0. The summed E-state index contributed by atoms with van der Waals surface area (Å²) in [4.78, 5) is 22.2. The van der Waals surface area contributed by atoms with Gasteiger partial charge in [0.2, 0.25) is 5.91 Å². The van der Waals surface area contributed by atoms with E-state index in [1.165, 1.54) is 25.3 Å². The minimum absolute atomic E-state index is 0.0552. The molecule has 98 valence electrons. The van der Waals surface area contributed by atoms with Gasteiger partial charge in [-0.05, 0) is 25.1 Å². The third-order valence-corrected chi connectivity index (χ3v) is 2.16. The van der Waals surface area contributed by atoms with Crippen LogP contribution < -0.4 is 10.1 Å². The van der Waals surface area contributed by atoms with Gasteiger partial charge in [0.1, 0.15) is 12.4 Å². The number of benzene rings is 1. The molecule has 0 saturated heterocycles. The first-order valence-corrected chi connectivity index (χ1v) is 5.37. The Morgan fingerprint density at radius 3 is 2.67 bits per heavy atom. The Hall–Kier alpha value is -2.08. The van der Waals surface area contributed by atoms with E-state index in [0.717, 1.165) is 0 Å². The summed E-state index contributed by atoms with van der Waals surface area (Å²) in [5, 5.41) is 11.4. The van der Waals surface area contributed by atoms with Crippen molar-refractivity contribution in [2.75, 3.05) is 25.6 Å². The highest BCUT2D eigenvalue weighted by Crippen LogP contribution is 2.25. The number of carboxylic acids is 1. The molecule has 1 rings (SSSR count). The molecule has 6 nitrogen and oxygen atoms in total. The molecule has 6 heteroatoms. The second-order valence-corrected chi connectivity index (χ2v) is 3.41. The van der Waals surface area contributed by atoms with E-state index in [-0.39, 0.29) is 18.1 Å². The van der Waals surface area contributed by atoms with E-state index in [2.05, 4.69) is 5.32 Å². The summed E-state index contributed by atoms with van der Waals surface area (Å²) in [5.74, 6) is -1.08. The number of methoxy groups -OCH3 is 1. The van der Waals surface area contributed by atoms with Gasteiger partial charge in [-0.15, -0.1) is 0 Å². The summed E-state index contributed by atoms with van der Waals surface area (Å²) < 4.78 is 9.98. The van der Waals surface area contributed by atoms with Gasteiger partial charge >= 0.3 is 5.97 Å². The molecule has 18 heavy (non-hydrogen) atoms. The van der Waals surface area contributed by atoms with Gasteiger partial charge in [0.25, 0.3) is 0 Å². The van der Waals surface area contributed by atoms with E-state index in [4.69, 9.17) is 14.6 Å². The van der Waals surface area contributed by atoms with Crippen LogP contribution in [-0.2, 0) is 9.53 Å². The van der Waals surface area contributed by atoms with Gasteiger partial charge in [-0.1, -0.05) is 0 Å². The van der Waals surface area contributed by atoms with Crippen molar-refractivity contribution in [3.8, 4) is 5.75 Å². The topological polar surface area (TPSA) is 84.9 Å². The molecule has 0 atom stereocenters. The first-order chi connectivity index (χ1) is 8.58. The second-order valence-electron chi connectivity index (χ2n) is 3.41. The van der Waals surface area contributed by atoms with Gasteiger partial charge in [-0.2, -0.15) is 0 Å². The maximum absolute atomic E-state index is 11.5. The zero-order chi connectivity index (χ0) is 13.5. The summed E-state index contributed by atoms with van der Waals surface area (Å²) in [7, 11) is 1.40. The van der Waals surface area contributed by atoms with Crippen molar-refractivity contribution >= 4 is 17.6 Å². The van der Waals surface area contributed by atoms with Crippen LogP contribution in [0.1, 0.15) is 17.3 Å². The van der Waals surface area contributed by atoms with E-state index < -0.39 is 5.97 Å². The number of rotatable bonds is 6. The fraction of sp³-hybridized carbons (Fsp3) is 0.333. The molecule has 0 fully saturated rings. The Bertz CT molecular complexity index is 444. The fourth-order valence-corrected chi connectivity index (χ4v) is 1.31. The zero-order valence-electron chi connectivity index (χ0n) is 10.2. The molecule has 2 N–H and O–H groups in total. The predicted octanol–water partition coefficient (Wildman–Crippen LogP) is 1.37. The molecule has 0 aliphatic heterocycles. The van der Waals surface area contributed by atoms with E-state index in [1.807, 2.05) is 0 Å². The third kappa shape index (κ3) is 3.74. The molecule has 0 saturated carbocycles. The first kappa shape index (κ1) is 14.0. The standard InChI is InChI=1S/C12H15NO5/c1-3-18-7-11(14)13-9-5-4-8(12(15)16)6-10(9)17-2/h4-6H,3,7H2,1-2H3,(H,13,14)(H,15,16). The average Bonchev–Trinajstić information content (AvgIpc) is 2.36. The monoisotopic (exact) mass is 253 g/mol. The number of hydrogen-bond acceptors (Lipinski definition) is 4. The van der Waals surface area contributed by atoms with Crippen LogP contribution in [0.2, 0.25) is 0 Å². The van der Waals surface area contributed by atoms with Crippen molar-refractivity contribution in [3.63, 3.8) is 0 Å². The molecule has 0 aliphatic carbocycles. The Balaban J connectivity index is 2.82. The highest BCUT2D eigenvalue weighted by molar-refractivity contribution is 5.95. The Kier molecular flexibility index (Phi) is 5.13. The molecule has 0 heterocycles. The number of aromatic carboxylic acids is 1. The van der Waals surface area contributed by atoms with Crippen molar-refractivity contribution in [3.05, 3.63) is 23.8 Å². The van der Waals surface area contributed by atoms with E-state index in [1.54, 1.807) is 6.92 Å². The summed E-state index contributed by atoms with van der Waals surface area (Å²) in [6.45, 7) is 2.18. The minimum atomic E-state index is -1.06. The van der Waals surface area contributed by atoms with Crippen LogP contribution in [0, 0.1) is 0 Å². The molecule has 0 radical (unpaired) electrons. The first-order valence-electron chi connectivity index (χ1n) is 5.37. The van der Waals surface area contributed by atoms with Crippen molar-refractivity contribution < 1.29 is 24.2 Å². The number of amides is 1. The lowest BCUT2D eigenvalue weighted by molar-refractivity contribution is -0.120. The minimum Gasteiger partial charge on any atom is -0.495 e. The van der Waals surface area contributed by atoms with Gasteiger partial charge in [0.05, 0.1) is 18.4 Å². The van der Waals surface area contributed by atoms with Crippen LogP contribution in [0.4, 0.5) is 5.69 Å². The van der Waals surface area contributed by atoms with Gasteiger partial charge in [0, 0.05) is 6.61 Å². The summed E-state index contributed by atoms with van der Waals surface area (Å²) in [6.07, 6.45) is 0. The third-order valence-electron chi connectivity index (χ3n) is 2.16. The Morgan fingerprint density at radius 2 is 2.11 bits per heavy atom. The van der Waals surface area contributed by atoms with Crippen LogP contribution in [0.15, 0.2) is 18.2 Å². The van der Waals surface area contributed by atoms with Crippen molar-refractivity contribution in [1.29, 1.82) is 0 Å². The maximum Gasteiger partial charge on any atom is 0.335 e. The SMILES string of the molecule is CCOCC(=O)Nc1ccc(C(=O)O)cc1OC. The lowest BCUT2D eigenvalue weighted by atomic mass is 10.2. The van der Waals surface area contributed by atoms with Gasteiger partial charge < -0.3 is 19.9 Å². The number of carbonyl (C=O) groups is 2.